The van der Waals surface area contributed by atoms with Gasteiger partial charge in [0, 0.05) is 17.8 Å². The molecule has 1 unspecified atom stereocenters. The molecular formula is C17H18N2O3S2. The maximum absolute atomic E-state index is 10.4. The van der Waals surface area contributed by atoms with Gasteiger partial charge in [0.2, 0.25) is 0 Å². The molecule has 0 spiro atoms. The summed E-state index contributed by atoms with van der Waals surface area (Å²) in [6.07, 6.45) is 5.28. The van der Waals surface area contributed by atoms with Gasteiger partial charge in [0.1, 0.15) is 22.0 Å². The Morgan fingerprint density at radius 1 is 1.25 bits per heavy atom. The summed E-state index contributed by atoms with van der Waals surface area (Å²) >= 11 is 1.97. The van der Waals surface area contributed by atoms with E-state index in [4.69, 9.17) is 0 Å². The number of thioether (sulfide) groups is 1. The largest absolute Gasteiger partial charge is 0.744 e. The number of hydrogen-bond donors (Lipinski definition) is 1. The third-order valence-electron chi connectivity index (χ3n) is 3.94. The molecule has 1 aliphatic carbocycles. The van der Waals surface area contributed by atoms with E-state index >= 15 is 0 Å². The fraction of sp³-hybridized carbons (Fsp3) is 0.235. The van der Waals surface area contributed by atoms with E-state index in [9.17, 15) is 13.0 Å². The monoisotopic (exact) mass is 362 g/mol. The first-order valence-electron chi connectivity index (χ1n) is 7.59. The molecule has 5 nitrogen and oxygen atoms in total. The van der Waals surface area contributed by atoms with Crippen LogP contribution >= 0.6 is 11.8 Å². The van der Waals surface area contributed by atoms with E-state index in [1.165, 1.54) is 33.5 Å². The van der Waals surface area contributed by atoms with Crippen molar-refractivity contribution in [2.75, 3.05) is 5.88 Å². The van der Waals surface area contributed by atoms with Crippen molar-refractivity contribution >= 4 is 32.9 Å². The van der Waals surface area contributed by atoms with Gasteiger partial charge < -0.3 is 9.87 Å². The van der Waals surface area contributed by atoms with Crippen LogP contribution < -0.4 is 15.9 Å². The minimum Gasteiger partial charge on any atom is -0.744 e. The summed E-state index contributed by atoms with van der Waals surface area (Å²) in [5.41, 5.74) is 0.928. The van der Waals surface area contributed by atoms with E-state index in [2.05, 4.69) is 22.4 Å². The molecule has 1 aliphatic heterocycles. The maximum Gasteiger partial charge on any atom is 0.127 e. The zero-order chi connectivity index (χ0) is 17.2. The summed E-state index contributed by atoms with van der Waals surface area (Å²) in [5.74, 6) is 1.17. The highest BCUT2D eigenvalue weighted by Crippen LogP contribution is 2.23. The third kappa shape index (κ3) is 3.87. The van der Waals surface area contributed by atoms with Gasteiger partial charge in [-0.3, -0.25) is 4.98 Å². The first-order chi connectivity index (χ1) is 11.4. The van der Waals surface area contributed by atoms with Gasteiger partial charge in [0.05, 0.1) is 15.1 Å². The highest BCUT2D eigenvalue weighted by atomic mass is 32.2. The van der Waals surface area contributed by atoms with Crippen molar-refractivity contribution < 1.29 is 18.3 Å². The average molecular weight is 362 g/mol. The van der Waals surface area contributed by atoms with Gasteiger partial charge in [-0.1, -0.05) is 41.6 Å². The van der Waals surface area contributed by atoms with Crippen LogP contribution in [0, 0.1) is 6.92 Å². The zero-order valence-electron chi connectivity index (χ0n) is 13.2. The minimum absolute atomic E-state index is 0.178. The van der Waals surface area contributed by atoms with Crippen molar-refractivity contribution in [1.29, 1.82) is 0 Å². The molecule has 4 rings (SSSR count). The summed E-state index contributed by atoms with van der Waals surface area (Å²) in [6.45, 7) is 1.82. The molecule has 0 saturated carbocycles. The van der Waals surface area contributed by atoms with Crippen molar-refractivity contribution in [2.24, 2.45) is 0 Å². The molecule has 1 aromatic heterocycles. The highest BCUT2D eigenvalue weighted by molar-refractivity contribution is 8.08. The SMILES string of the molecule is C1=c2ncccc2=C2SC[NH2+]C2C1.Cc1ccc(S(=O)(=O)[O-])cc1. The molecular weight excluding hydrogens is 344 g/mol. The number of nitrogens with zero attached hydrogens (tertiary/aromatic N) is 1. The van der Waals surface area contributed by atoms with E-state index in [0.29, 0.717) is 6.04 Å². The molecule has 0 radical (unpaired) electrons. The molecule has 2 aromatic rings. The van der Waals surface area contributed by atoms with Crippen molar-refractivity contribution in [3.05, 3.63) is 58.7 Å². The average Bonchev–Trinajstić information content (AvgIpc) is 3.04. The lowest BCUT2D eigenvalue weighted by Crippen LogP contribution is -2.86. The van der Waals surface area contributed by atoms with Crippen LogP contribution in [-0.4, -0.2) is 29.9 Å². The Morgan fingerprint density at radius 3 is 2.71 bits per heavy atom. The number of hydrogen-bond acceptors (Lipinski definition) is 5. The summed E-state index contributed by atoms with van der Waals surface area (Å²) in [7, 11) is -4.27. The topological polar surface area (TPSA) is 86.7 Å². The fourth-order valence-corrected chi connectivity index (χ4v) is 4.39. The number of aryl methyl sites for hydroxylation is 1. The number of quaternary nitrogens is 1. The van der Waals surface area contributed by atoms with E-state index in [0.717, 1.165) is 12.0 Å². The molecule has 1 aromatic carbocycles. The van der Waals surface area contributed by atoms with Gasteiger partial charge in [-0.15, -0.1) is 0 Å². The third-order valence-corrected chi connectivity index (χ3v) is 5.98. The first kappa shape index (κ1) is 17.2. The van der Waals surface area contributed by atoms with Gasteiger partial charge >= 0.3 is 0 Å². The molecule has 1 saturated heterocycles. The number of aromatic nitrogens is 1. The first-order valence-corrected chi connectivity index (χ1v) is 9.98. The van der Waals surface area contributed by atoms with E-state index in [1.54, 1.807) is 12.1 Å². The smallest absolute Gasteiger partial charge is 0.127 e. The summed E-state index contributed by atoms with van der Waals surface area (Å²) < 4.78 is 31.2. The fourth-order valence-electron chi connectivity index (χ4n) is 2.68. The lowest BCUT2D eigenvalue weighted by Gasteiger charge is -2.09. The number of pyridine rings is 1. The number of rotatable bonds is 1. The molecule has 2 heterocycles. The van der Waals surface area contributed by atoms with Gasteiger partial charge in [-0.05, 0) is 25.1 Å². The normalized spacial score (nSPS) is 18.8. The lowest BCUT2D eigenvalue weighted by atomic mass is 10.1. The van der Waals surface area contributed by atoms with Crippen LogP contribution in [-0.2, 0) is 10.1 Å². The van der Waals surface area contributed by atoms with Crippen molar-refractivity contribution in [3.63, 3.8) is 0 Å². The number of nitrogens with two attached hydrogens (primary N) is 1. The standard InChI is InChI=1S/C10H10N2S.C7H8O3S/c1-2-7-8(11-5-1)3-4-9-10(7)13-6-12-9;1-6-2-4-7(5-3-6)11(8,9)10/h1-3,5,9,12H,4,6H2;2-5H,1H3,(H,8,9,10). The number of fused-ring (bicyclic) bond motifs is 2. The van der Waals surface area contributed by atoms with Gasteiger partial charge in [-0.25, -0.2) is 8.42 Å². The van der Waals surface area contributed by atoms with Gasteiger partial charge in [-0.2, -0.15) is 0 Å². The second kappa shape index (κ2) is 7.06. The van der Waals surface area contributed by atoms with Crippen LogP contribution in [0.15, 0.2) is 47.5 Å². The van der Waals surface area contributed by atoms with E-state index in [-0.39, 0.29) is 4.90 Å². The molecule has 24 heavy (non-hydrogen) atoms. The highest BCUT2D eigenvalue weighted by Gasteiger charge is 2.27. The molecule has 0 bridgehead atoms. The van der Waals surface area contributed by atoms with Crippen molar-refractivity contribution in [2.45, 2.75) is 24.3 Å². The second-order valence-corrected chi connectivity index (χ2v) is 8.10. The Kier molecular flexibility index (Phi) is 5.05. The Balaban J connectivity index is 0.000000144. The van der Waals surface area contributed by atoms with Crippen LogP contribution in [0.4, 0.5) is 0 Å². The van der Waals surface area contributed by atoms with Gasteiger partial charge in [0.25, 0.3) is 0 Å². The quantitative estimate of drug-likeness (QED) is 0.717. The Labute approximate surface area is 145 Å². The maximum atomic E-state index is 10.4. The molecule has 126 valence electrons. The Morgan fingerprint density at radius 2 is 2.00 bits per heavy atom. The zero-order valence-corrected chi connectivity index (χ0v) is 14.8. The van der Waals surface area contributed by atoms with Crippen molar-refractivity contribution in [3.8, 4) is 0 Å². The summed E-state index contributed by atoms with van der Waals surface area (Å²) in [5, 5.41) is 4.95. The Hall–Kier alpha value is -1.67. The molecule has 2 aliphatic rings. The summed E-state index contributed by atoms with van der Waals surface area (Å²) in [6, 6.07) is 10.7. The molecule has 2 N–H and O–H groups in total. The van der Waals surface area contributed by atoms with Crippen LogP contribution in [0.3, 0.4) is 0 Å². The molecule has 7 heteroatoms. The molecule has 1 fully saturated rings. The predicted molar refractivity (Wildman–Crippen MR) is 93.3 cm³/mol. The van der Waals surface area contributed by atoms with Crippen LogP contribution in [0.1, 0.15) is 12.0 Å². The lowest BCUT2D eigenvalue weighted by molar-refractivity contribution is -0.652. The Bertz CT molecular complexity index is 954. The second-order valence-electron chi connectivity index (χ2n) is 5.66. The van der Waals surface area contributed by atoms with E-state index in [1.807, 2.05) is 30.9 Å². The van der Waals surface area contributed by atoms with Crippen LogP contribution in [0.5, 0.6) is 0 Å². The minimum atomic E-state index is -4.27. The van der Waals surface area contributed by atoms with Crippen molar-refractivity contribution in [1.82, 2.24) is 4.98 Å². The molecule has 0 amide bonds. The summed E-state index contributed by atoms with van der Waals surface area (Å²) in [4.78, 5) is 5.73. The van der Waals surface area contributed by atoms with E-state index < -0.39 is 10.1 Å². The number of benzene rings is 1. The predicted octanol–water partition coefficient (Wildman–Crippen LogP) is -0.0906. The van der Waals surface area contributed by atoms with Crippen LogP contribution in [0.25, 0.3) is 11.0 Å². The van der Waals surface area contributed by atoms with Gasteiger partial charge in [0.15, 0.2) is 0 Å². The van der Waals surface area contributed by atoms with Crippen LogP contribution in [0.2, 0.25) is 0 Å². The molecule has 1 atom stereocenters.